The van der Waals surface area contributed by atoms with Crippen molar-refractivity contribution in [2.45, 2.75) is 25.3 Å². The third-order valence-corrected chi connectivity index (χ3v) is 5.10. The second-order valence-corrected chi connectivity index (χ2v) is 7.42. The standard InChI is InChI=1S/C17H17FN4O2S/c1-12-6-7-13(2)16(8-12)25(23,24)21-17-19-11-22(20-17)10-14-4-3-5-15(18)9-14/h3-9,11H,10H2,1-2H3,(H,20,21). The summed E-state index contributed by atoms with van der Waals surface area (Å²) in [6, 6.07) is 11.3. The number of aryl methyl sites for hydroxylation is 2. The van der Waals surface area contributed by atoms with Crippen molar-refractivity contribution in [3.05, 3.63) is 71.3 Å². The molecule has 0 saturated carbocycles. The molecule has 2 aromatic carbocycles. The summed E-state index contributed by atoms with van der Waals surface area (Å²) in [6.07, 6.45) is 1.39. The van der Waals surface area contributed by atoms with E-state index in [4.69, 9.17) is 0 Å². The number of halogens is 1. The van der Waals surface area contributed by atoms with E-state index in [0.29, 0.717) is 11.1 Å². The third kappa shape index (κ3) is 4.03. The predicted molar refractivity (Wildman–Crippen MR) is 92.2 cm³/mol. The molecule has 0 aliphatic carbocycles. The molecular weight excluding hydrogens is 343 g/mol. The lowest BCUT2D eigenvalue weighted by Gasteiger charge is -2.08. The number of benzene rings is 2. The number of rotatable bonds is 5. The van der Waals surface area contributed by atoms with E-state index in [-0.39, 0.29) is 23.2 Å². The van der Waals surface area contributed by atoms with Crippen LogP contribution in [0.2, 0.25) is 0 Å². The van der Waals surface area contributed by atoms with Crippen LogP contribution in [-0.2, 0) is 16.6 Å². The fraction of sp³-hybridized carbons (Fsp3) is 0.176. The zero-order chi connectivity index (χ0) is 18.0. The summed E-state index contributed by atoms with van der Waals surface area (Å²) in [4.78, 5) is 4.15. The van der Waals surface area contributed by atoms with Gasteiger partial charge in [-0.3, -0.25) is 0 Å². The number of sulfonamides is 1. The third-order valence-electron chi connectivity index (χ3n) is 3.63. The summed E-state index contributed by atoms with van der Waals surface area (Å²) >= 11 is 0. The fourth-order valence-corrected chi connectivity index (χ4v) is 3.69. The molecule has 3 aromatic rings. The van der Waals surface area contributed by atoms with Gasteiger partial charge in [0, 0.05) is 0 Å². The fourth-order valence-electron chi connectivity index (χ4n) is 2.41. The minimum Gasteiger partial charge on any atom is -0.246 e. The highest BCUT2D eigenvalue weighted by Gasteiger charge is 2.19. The summed E-state index contributed by atoms with van der Waals surface area (Å²) < 4.78 is 42.1. The molecule has 0 aliphatic heterocycles. The van der Waals surface area contributed by atoms with Gasteiger partial charge in [0.2, 0.25) is 0 Å². The van der Waals surface area contributed by atoms with Crippen LogP contribution in [0.1, 0.15) is 16.7 Å². The SMILES string of the molecule is Cc1ccc(C)c(S(=O)(=O)Nc2ncn(Cc3cccc(F)c3)n2)c1. The average molecular weight is 360 g/mol. The van der Waals surface area contributed by atoms with E-state index in [1.165, 1.54) is 23.1 Å². The van der Waals surface area contributed by atoms with Crippen LogP contribution in [0.4, 0.5) is 10.3 Å². The highest BCUT2D eigenvalue weighted by Crippen LogP contribution is 2.19. The Morgan fingerprint density at radius 3 is 2.72 bits per heavy atom. The van der Waals surface area contributed by atoms with Gasteiger partial charge >= 0.3 is 0 Å². The van der Waals surface area contributed by atoms with Crippen LogP contribution in [0.5, 0.6) is 0 Å². The van der Waals surface area contributed by atoms with Crippen molar-refractivity contribution in [1.82, 2.24) is 14.8 Å². The molecule has 3 rings (SSSR count). The van der Waals surface area contributed by atoms with Crippen molar-refractivity contribution in [3.8, 4) is 0 Å². The maximum atomic E-state index is 13.2. The normalized spacial score (nSPS) is 11.5. The summed E-state index contributed by atoms with van der Waals surface area (Å²) in [5.74, 6) is -0.370. The number of anilines is 1. The Hall–Kier alpha value is -2.74. The molecule has 8 heteroatoms. The Labute approximate surface area is 145 Å². The van der Waals surface area contributed by atoms with Crippen LogP contribution < -0.4 is 4.72 Å². The predicted octanol–water partition coefficient (Wildman–Crippen LogP) is 2.88. The second-order valence-electron chi connectivity index (χ2n) is 5.77. The van der Waals surface area contributed by atoms with Crippen molar-refractivity contribution >= 4 is 16.0 Å². The van der Waals surface area contributed by atoms with Gasteiger partial charge in [-0.05, 0) is 48.7 Å². The number of nitrogens with zero attached hydrogens (tertiary/aromatic N) is 3. The van der Waals surface area contributed by atoms with Crippen LogP contribution in [0.3, 0.4) is 0 Å². The summed E-state index contributed by atoms with van der Waals surface area (Å²) in [6.45, 7) is 3.84. The maximum Gasteiger partial charge on any atom is 0.264 e. The van der Waals surface area contributed by atoms with Gasteiger partial charge in [-0.25, -0.2) is 22.2 Å². The van der Waals surface area contributed by atoms with Crippen molar-refractivity contribution in [3.63, 3.8) is 0 Å². The Bertz CT molecular complexity index is 1010. The topological polar surface area (TPSA) is 76.9 Å². The molecule has 0 unspecified atom stereocenters. The van der Waals surface area contributed by atoms with Crippen LogP contribution in [0.15, 0.2) is 53.7 Å². The molecule has 1 aromatic heterocycles. The van der Waals surface area contributed by atoms with E-state index >= 15 is 0 Å². The first-order valence-corrected chi connectivity index (χ1v) is 9.06. The molecule has 0 fully saturated rings. The minimum absolute atomic E-state index is 0.0303. The molecular formula is C17H17FN4O2S. The van der Waals surface area contributed by atoms with E-state index < -0.39 is 10.0 Å². The highest BCUT2D eigenvalue weighted by molar-refractivity contribution is 7.92. The molecule has 1 N–H and O–H groups in total. The zero-order valence-electron chi connectivity index (χ0n) is 13.8. The Kier molecular flexibility index (Phi) is 4.54. The van der Waals surface area contributed by atoms with Crippen LogP contribution in [0.25, 0.3) is 0 Å². The van der Waals surface area contributed by atoms with Crippen molar-refractivity contribution in [1.29, 1.82) is 0 Å². The van der Waals surface area contributed by atoms with Crippen molar-refractivity contribution in [2.75, 3.05) is 4.72 Å². The average Bonchev–Trinajstić information content (AvgIpc) is 2.96. The Balaban J connectivity index is 1.80. The number of hydrogen-bond donors (Lipinski definition) is 1. The largest absolute Gasteiger partial charge is 0.264 e. The van der Waals surface area contributed by atoms with Gasteiger partial charge < -0.3 is 0 Å². The Morgan fingerprint density at radius 1 is 1.16 bits per heavy atom. The van der Waals surface area contributed by atoms with Crippen molar-refractivity contribution in [2.24, 2.45) is 0 Å². The molecule has 0 atom stereocenters. The van der Waals surface area contributed by atoms with Gasteiger partial charge in [-0.15, -0.1) is 5.10 Å². The van der Waals surface area contributed by atoms with E-state index in [1.54, 1.807) is 31.2 Å². The zero-order valence-corrected chi connectivity index (χ0v) is 14.6. The first-order chi connectivity index (χ1) is 11.8. The number of hydrogen-bond acceptors (Lipinski definition) is 4. The lowest BCUT2D eigenvalue weighted by molar-refractivity contribution is 0.600. The lowest BCUT2D eigenvalue weighted by Crippen LogP contribution is -2.15. The van der Waals surface area contributed by atoms with E-state index in [1.807, 2.05) is 13.0 Å². The quantitative estimate of drug-likeness (QED) is 0.759. The first kappa shape index (κ1) is 17.1. The second kappa shape index (κ2) is 6.64. The van der Waals surface area contributed by atoms with E-state index in [2.05, 4.69) is 14.8 Å². The molecule has 0 aliphatic rings. The molecule has 0 spiro atoms. The van der Waals surface area contributed by atoms with Crippen LogP contribution in [-0.4, -0.2) is 23.2 Å². The summed E-state index contributed by atoms with van der Waals surface area (Å²) in [5.41, 5.74) is 2.18. The monoisotopic (exact) mass is 360 g/mol. The van der Waals surface area contributed by atoms with Gasteiger partial charge in [0.25, 0.3) is 16.0 Å². The van der Waals surface area contributed by atoms with Crippen molar-refractivity contribution < 1.29 is 12.8 Å². The van der Waals surface area contributed by atoms with Gasteiger partial charge in [0.1, 0.15) is 12.1 Å². The molecule has 0 amide bonds. The molecule has 0 saturated heterocycles. The Morgan fingerprint density at radius 2 is 1.96 bits per heavy atom. The molecule has 25 heavy (non-hydrogen) atoms. The maximum absolute atomic E-state index is 13.2. The van der Waals surface area contributed by atoms with E-state index in [0.717, 1.165) is 5.56 Å². The van der Waals surface area contributed by atoms with Crippen LogP contribution in [0, 0.1) is 19.7 Å². The number of nitrogens with one attached hydrogen (secondary N) is 1. The van der Waals surface area contributed by atoms with E-state index in [9.17, 15) is 12.8 Å². The molecule has 6 nitrogen and oxygen atoms in total. The van der Waals surface area contributed by atoms with Gasteiger partial charge in [-0.1, -0.05) is 24.3 Å². The number of aromatic nitrogens is 3. The highest BCUT2D eigenvalue weighted by atomic mass is 32.2. The first-order valence-electron chi connectivity index (χ1n) is 7.57. The van der Waals surface area contributed by atoms with Gasteiger partial charge in [0.05, 0.1) is 11.4 Å². The smallest absolute Gasteiger partial charge is 0.246 e. The lowest BCUT2D eigenvalue weighted by atomic mass is 10.2. The van der Waals surface area contributed by atoms with Gasteiger partial charge in [0.15, 0.2) is 0 Å². The summed E-state index contributed by atoms with van der Waals surface area (Å²) in [7, 11) is -3.78. The minimum atomic E-state index is -3.78. The molecule has 0 radical (unpaired) electrons. The molecule has 0 bridgehead atoms. The molecule has 1 heterocycles. The van der Waals surface area contributed by atoms with Crippen LogP contribution >= 0.6 is 0 Å². The molecule has 130 valence electrons. The summed E-state index contributed by atoms with van der Waals surface area (Å²) in [5, 5.41) is 4.09. The van der Waals surface area contributed by atoms with Gasteiger partial charge in [-0.2, -0.15) is 4.98 Å².